The maximum Gasteiger partial charge on any atom is 0.0763 e. The van der Waals surface area contributed by atoms with Crippen LogP contribution in [0.25, 0.3) is 0 Å². The Balaban J connectivity index is 3.04. The first-order valence-electron chi connectivity index (χ1n) is 6.35. The van der Waals surface area contributed by atoms with E-state index in [-0.39, 0.29) is 12.1 Å². The van der Waals surface area contributed by atoms with Gasteiger partial charge in [0.05, 0.1) is 22.2 Å². The van der Waals surface area contributed by atoms with Crippen molar-refractivity contribution in [1.82, 2.24) is 5.32 Å². The fourth-order valence-electron chi connectivity index (χ4n) is 2.04. The van der Waals surface area contributed by atoms with Crippen LogP contribution in [-0.4, -0.2) is 19.8 Å². The monoisotopic (exact) mass is 289 g/mol. The summed E-state index contributed by atoms with van der Waals surface area (Å²) in [4.78, 5) is 0. The van der Waals surface area contributed by atoms with Crippen LogP contribution in [0.2, 0.25) is 10.0 Å². The van der Waals surface area contributed by atoms with Gasteiger partial charge in [0.1, 0.15) is 0 Å². The van der Waals surface area contributed by atoms with Gasteiger partial charge in [0, 0.05) is 7.11 Å². The third-order valence-corrected chi connectivity index (χ3v) is 3.84. The number of benzene rings is 1. The average molecular weight is 290 g/mol. The second kappa shape index (κ2) is 8.00. The fraction of sp³-hybridized carbons (Fsp3) is 0.571. The standard InChI is InChI=1S/C14H21Cl2NO/c1-4-9-17-14(12(5-2)18-3)10-7-6-8-11(15)13(10)16/h6-8,12,14,17H,4-5,9H2,1-3H3. The molecule has 102 valence electrons. The Morgan fingerprint density at radius 1 is 1.28 bits per heavy atom. The number of halogens is 2. The lowest BCUT2D eigenvalue weighted by atomic mass is 9.99. The highest BCUT2D eigenvalue weighted by Crippen LogP contribution is 2.32. The summed E-state index contributed by atoms with van der Waals surface area (Å²) in [7, 11) is 1.73. The van der Waals surface area contributed by atoms with Crippen LogP contribution in [0, 0.1) is 0 Å². The molecule has 2 nitrogen and oxygen atoms in total. The summed E-state index contributed by atoms with van der Waals surface area (Å²) in [6.07, 6.45) is 2.07. The van der Waals surface area contributed by atoms with Gasteiger partial charge in [-0.2, -0.15) is 0 Å². The van der Waals surface area contributed by atoms with Crippen molar-refractivity contribution >= 4 is 23.2 Å². The van der Waals surface area contributed by atoms with Crippen LogP contribution < -0.4 is 5.32 Å². The SMILES string of the molecule is CCCNC(c1cccc(Cl)c1Cl)C(CC)OC. The van der Waals surface area contributed by atoms with Crippen LogP contribution in [0.3, 0.4) is 0 Å². The quantitative estimate of drug-likeness (QED) is 0.800. The Kier molecular flexibility index (Phi) is 7.02. The van der Waals surface area contributed by atoms with Crippen LogP contribution in [0.4, 0.5) is 0 Å². The molecule has 0 radical (unpaired) electrons. The predicted octanol–water partition coefficient (Wildman–Crippen LogP) is 4.46. The van der Waals surface area contributed by atoms with Crippen molar-refractivity contribution in [2.75, 3.05) is 13.7 Å². The largest absolute Gasteiger partial charge is 0.379 e. The number of hydrogen-bond donors (Lipinski definition) is 1. The number of nitrogens with one attached hydrogen (secondary N) is 1. The zero-order valence-corrected chi connectivity index (χ0v) is 12.7. The molecule has 4 heteroatoms. The minimum atomic E-state index is 0.0751. The molecule has 1 N–H and O–H groups in total. The van der Waals surface area contributed by atoms with Gasteiger partial charge < -0.3 is 10.1 Å². The highest BCUT2D eigenvalue weighted by atomic mass is 35.5. The topological polar surface area (TPSA) is 21.3 Å². The fourth-order valence-corrected chi connectivity index (χ4v) is 2.47. The molecule has 0 aliphatic carbocycles. The van der Waals surface area contributed by atoms with Crippen molar-refractivity contribution in [2.24, 2.45) is 0 Å². The van der Waals surface area contributed by atoms with Crippen molar-refractivity contribution in [3.8, 4) is 0 Å². The molecule has 0 bridgehead atoms. The molecule has 2 atom stereocenters. The summed E-state index contributed by atoms with van der Waals surface area (Å²) >= 11 is 12.4. The molecule has 0 amide bonds. The zero-order valence-electron chi connectivity index (χ0n) is 11.2. The minimum absolute atomic E-state index is 0.0751. The molecule has 0 saturated carbocycles. The zero-order chi connectivity index (χ0) is 13.5. The molecule has 1 aromatic rings. The molecule has 0 heterocycles. The molecule has 1 rings (SSSR count). The van der Waals surface area contributed by atoms with Gasteiger partial charge in [0.25, 0.3) is 0 Å². The van der Waals surface area contributed by atoms with E-state index in [0.29, 0.717) is 10.0 Å². The highest BCUT2D eigenvalue weighted by Gasteiger charge is 2.23. The van der Waals surface area contributed by atoms with Crippen LogP contribution >= 0.6 is 23.2 Å². The Labute approximate surface area is 120 Å². The van der Waals surface area contributed by atoms with Crippen molar-refractivity contribution in [3.05, 3.63) is 33.8 Å². The van der Waals surface area contributed by atoms with Gasteiger partial charge in [-0.1, -0.05) is 49.2 Å². The van der Waals surface area contributed by atoms with Crippen LogP contribution in [0.15, 0.2) is 18.2 Å². The Hall–Kier alpha value is -0.280. The lowest BCUT2D eigenvalue weighted by Gasteiger charge is -2.27. The molecule has 0 fully saturated rings. The van der Waals surface area contributed by atoms with E-state index in [4.69, 9.17) is 27.9 Å². The summed E-state index contributed by atoms with van der Waals surface area (Å²) < 4.78 is 5.54. The van der Waals surface area contributed by atoms with Crippen LogP contribution in [-0.2, 0) is 4.74 Å². The predicted molar refractivity (Wildman–Crippen MR) is 78.6 cm³/mol. The molecule has 0 aliphatic heterocycles. The van der Waals surface area contributed by atoms with E-state index in [1.165, 1.54) is 0 Å². The first kappa shape index (κ1) is 15.8. The highest BCUT2D eigenvalue weighted by molar-refractivity contribution is 6.42. The lowest BCUT2D eigenvalue weighted by molar-refractivity contribution is 0.0651. The van der Waals surface area contributed by atoms with E-state index in [0.717, 1.165) is 24.9 Å². The second-order valence-electron chi connectivity index (χ2n) is 4.26. The lowest BCUT2D eigenvalue weighted by Crippen LogP contribution is -2.33. The number of methoxy groups -OCH3 is 1. The maximum atomic E-state index is 6.30. The summed E-state index contributed by atoms with van der Waals surface area (Å²) in [5.74, 6) is 0. The van der Waals surface area contributed by atoms with Gasteiger partial charge in [-0.25, -0.2) is 0 Å². The van der Waals surface area contributed by atoms with E-state index in [1.807, 2.05) is 12.1 Å². The summed E-state index contributed by atoms with van der Waals surface area (Å²) in [6, 6.07) is 5.81. The van der Waals surface area contributed by atoms with Gasteiger partial charge in [-0.15, -0.1) is 0 Å². The third-order valence-electron chi connectivity index (χ3n) is 3.01. The normalized spacial score (nSPS) is 14.5. The molecule has 2 unspecified atom stereocenters. The maximum absolute atomic E-state index is 6.30. The van der Waals surface area contributed by atoms with Gasteiger partial charge in [0.15, 0.2) is 0 Å². The number of ether oxygens (including phenoxy) is 1. The second-order valence-corrected chi connectivity index (χ2v) is 5.04. The molecule has 1 aromatic carbocycles. The molecule has 0 saturated heterocycles. The molecule has 0 aromatic heterocycles. The Morgan fingerprint density at radius 3 is 2.56 bits per heavy atom. The van der Waals surface area contributed by atoms with Crippen LogP contribution in [0.5, 0.6) is 0 Å². The Bertz CT molecular complexity index is 367. The third kappa shape index (κ3) is 3.86. The molecular formula is C14H21Cl2NO. The van der Waals surface area contributed by atoms with Gasteiger partial charge >= 0.3 is 0 Å². The van der Waals surface area contributed by atoms with E-state index < -0.39 is 0 Å². The molecular weight excluding hydrogens is 269 g/mol. The van der Waals surface area contributed by atoms with Crippen molar-refractivity contribution in [2.45, 2.75) is 38.8 Å². The minimum Gasteiger partial charge on any atom is -0.379 e. The molecule has 18 heavy (non-hydrogen) atoms. The van der Waals surface area contributed by atoms with Crippen LogP contribution in [0.1, 0.15) is 38.3 Å². The average Bonchev–Trinajstić information content (AvgIpc) is 2.38. The number of hydrogen-bond acceptors (Lipinski definition) is 2. The van der Waals surface area contributed by atoms with Gasteiger partial charge in [-0.3, -0.25) is 0 Å². The van der Waals surface area contributed by atoms with Gasteiger partial charge in [-0.05, 0) is 31.0 Å². The van der Waals surface area contributed by atoms with Gasteiger partial charge in [0.2, 0.25) is 0 Å². The van der Waals surface area contributed by atoms with Crippen molar-refractivity contribution in [1.29, 1.82) is 0 Å². The van der Waals surface area contributed by atoms with E-state index in [2.05, 4.69) is 19.2 Å². The summed E-state index contributed by atoms with van der Waals surface area (Å²) in [5.41, 5.74) is 1.01. The van der Waals surface area contributed by atoms with E-state index in [9.17, 15) is 0 Å². The summed E-state index contributed by atoms with van der Waals surface area (Å²) in [5, 5.41) is 4.69. The molecule has 0 aliphatic rings. The first-order chi connectivity index (χ1) is 8.65. The van der Waals surface area contributed by atoms with E-state index >= 15 is 0 Å². The van der Waals surface area contributed by atoms with E-state index in [1.54, 1.807) is 13.2 Å². The smallest absolute Gasteiger partial charge is 0.0763 e. The first-order valence-corrected chi connectivity index (χ1v) is 7.11. The Morgan fingerprint density at radius 2 is 2.00 bits per heavy atom. The number of rotatable bonds is 7. The van der Waals surface area contributed by atoms with Crippen molar-refractivity contribution < 1.29 is 4.74 Å². The summed E-state index contributed by atoms with van der Waals surface area (Å²) in [6.45, 7) is 5.16. The van der Waals surface area contributed by atoms with Crippen molar-refractivity contribution in [3.63, 3.8) is 0 Å². The molecule has 0 spiro atoms.